The maximum Gasteiger partial charge on any atom is 0.325 e. The van der Waals surface area contributed by atoms with Crippen LogP contribution in [0.2, 0.25) is 0 Å². The minimum atomic E-state index is -1.46. The van der Waals surface area contributed by atoms with Crippen molar-refractivity contribution in [3.63, 3.8) is 0 Å². The number of rotatable bonds is 4. The number of pyridine rings is 1. The van der Waals surface area contributed by atoms with E-state index >= 15 is 0 Å². The minimum Gasteiger partial charge on any atom is -0.331 e. The molecule has 0 bridgehead atoms. The number of nitrogens with one attached hydrogen (secondary N) is 1. The molecule has 8 nitrogen and oxygen atoms in total. The van der Waals surface area contributed by atoms with Crippen molar-refractivity contribution in [3.05, 3.63) is 95.6 Å². The molecule has 1 fully saturated rings. The molecule has 0 radical (unpaired) electrons. The van der Waals surface area contributed by atoms with Crippen molar-refractivity contribution in [3.8, 4) is 11.3 Å². The van der Waals surface area contributed by atoms with Gasteiger partial charge in [0.15, 0.2) is 5.54 Å². The lowest BCUT2D eigenvalue weighted by Crippen LogP contribution is -2.52. The molecule has 1 atom stereocenters. The second kappa shape index (κ2) is 7.49. The molecule has 4 aromatic rings. The first-order valence-corrected chi connectivity index (χ1v) is 11.1. The van der Waals surface area contributed by atoms with Crippen LogP contribution >= 0.6 is 0 Å². The van der Waals surface area contributed by atoms with Crippen molar-refractivity contribution in [2.45, 2.75) is 12.1 Å². The Morgan fingerprint density at radius 2 is 1.86 bits per heavy atom. The van der Waals surface area contributed by atoms with Gasteiger partial charge in [-0.15, -0.1) is 0 Å². The summed E-state index contributed by atoms with van der Waals surface area (Å²) >= 11 is 0. The van der Waals surface area contributed by atoms with Gasteiger partial charge < -0.3 is 10.2 Å². The number of nitrogens with zero attached hydrogens (tertiary/aromatic N) is 4. The number of amides is 4. The van der Waals surface area contributed by atoms with Crippen LogP contribution in [0.4, 0.5) is 9.18 Å². The highest BCUT2D eigenvalue weighted by molar-refractivity contribution is 6.08. The predicted octanol–water partition coefficient (Wildman–Crippen LogP) is 3.17. The summed E-state index contributed by atoms with van der Waals surface area (Å²) in [5.74, 6) is -1.33. The first kappa shape index (κ1) is 21.0. The number of fused-ring (bicyclic) bond motifs is 2. The number of urea groups is 1. The molecule has 4 heterocycles. The van der Waals surface area contributed by atoms with E-state index in [2.05, 4.69) is 10.3 Å². The first-order valence-electron chi connectivity index (χ1n) is 11.1. The van der Waals surface area contributed by atoms with Crippen LogP contribution in [-0.2, 0) is 16.9 Å². The molecule has 0 unspecified atom stereocenters. The van der Waals surface area contributed by atoms with E-state index in [0.717, 1.165) is 21.8 Å². The van der Waals surface area contributed by atoms with Crippen molar-refractivity contribution in [2.24, 2.45) is 0 Å². The molecule has 6 rings (SSSR count). The standard InChI is InChI=1S/C26H20FN5O3/c1-30-24(34)26(29-25(30)35,15-31-14-17-7-10-19(27)12-20(17)23(31)33)18-8-5-16(6-9-18)21-13-28-22-4-2-3-11-32(21)22/h2-13H,14-15H2,1H3,(H,29,35)/t26-/m0/s1. The zero-order chi connectivity index (χ0) is 24.3. The van der Waals surface area contributed by atoms with Crippen LogP contribution in [0.3, 0.4) is 0 Å². The van der Waals surface area contributed by atoms with Crippen molar-refractivity contribution < 1.29 is 18.8 Å². The Labute approximate surface area is 199 Å². The van der Waals surface area contributed by atoms with E-state index in [1.165, 1.54) is 24.1 Å². The molecule has 4 amide bonds. The normalized spacial score (nSPS) is 19.5. The number of benzene rings is 2. The van der Waals surface area contributed by atoms with Crippen LogP contribution in [-0.4, -0.2) is 50.6 Å². The van der Waals surface area contributed by atoms with E-state index < -0.39 is 23.3 Å². The zero-order valence-corrected chi connectivity index (χ0v) is 18.7. The summed E-state index contributed by atoms with van der Waals surface area (Å²) in [6.07, 6.45) is 3.69. The van der Waals surface area contributed by atoms with Crippen molar-refractivity contribution in [2.75, 3.05) is 13.6 Å². The van der Waals surface area contributed by atoms with Crippen LogP contribution in [0.1, 0.15) is 21.5 Å². The molecular weight excluding hydrogens is 449 g/mol. The number of hydrogen-bond donors (Lipinski definition) is 1. The lowest BCUT2D eigenvalue weighted by atomic mass is 9.88. The smallest absolute Gasteiger partial charge is 0.325 e. The van der Waals surface area contributed by atoms with Gasteiger partial charge in [0.1, 0.15) is 11.5 Å². The Bertz CT molecular complexity index is 1530. The van der Waals surface area contributed by atoms with E-state index in [4.69, 9.17) is 0 Å². The number of hydrogen-bond acceptors (Lipinski definition) is 4. The molecule has 0 saturated carbocycles. The molecule has 2 aliphatic heterocycles. The Morgan fingerprint density at radius 3 is 2.60 bits per heavy atom. The molecule has 2 aliphatic rings. The van der Waals surface area contributed by atoms with Gasteiger partial charge >= 0.3 is 6.03 Å². The molecule has 35 heavy (non-hydrogen) atoms. The van der Waals surface area contributed by atoms with Crippen molar-refractivity contribution in [1.82, 2.24) is 24.5 Å². The first-order chi connectivity index (χ1) is 16.9. The van der Waals surface area contributed by atoms with E-state index in [9.17, 15) is 18.8 Å². The van der Waals surface area contributed by atoms with Gasteiger partial charge in [0.2, 0.25) is 0 Å². The number of aromatic nitrogens is 2. The summed E-state index contributed by atoms with van der Waals surface area (Å²) in [5.41, 5.74) is 2.62. The average Bonchev–Trinajstić information content (AvgIpc) is 3.50. The molecule has 2 aromatic heterocycles. The van der Waals surface area contributed by atoms with Gasteiger partial charge in [-0.05, 0) is 35.4 Å². The van der Waals surface area contributed by atoms with E-state index in [0.29, 0.717) is 11.1 Å². The van der Waals surface area contributed by atoms with Gasteiger partial charge in [-0.1, -0.05) is 36.4 Å². The van der Waals surface area contributed by atoms with E-state index in [1.54, 1.807) is 24.4 Å². The fourth-order valence-electron chi connectivity index (χ4n) is 4.91. The summed E-state index contributed by atoms with van der Waals surface area (Å²) in [6, 6.07) is 16.6. The minimum absolute atomic E-state index is 0.0774. The van der Waals surface area contributed by atoms with Crippen molar-refractivity contribution in [1.29, 1.82) is 0 Å². The number of halogens is 1. The molecule has 1 saturated heterocycles. The fourth-order valence-corrected chi connectivity index (χ4v) is 4.91. The van der Waals surface area contributed by atoms with E-state index in [-0.39, 0.29) is 24.6 Å². The molecule has 1 N–H and O–H groups in total. The lowest BCUT2D eigenvalue weighted by Gasteiger charge is -2.31. The lowest BCUT2D eigenvalue weighted by molar-refractivity contribution is -0.131. The highest BCUT2D eigenvalue weighted by atomic mass is 19.1. The highest BCUT2D eigenvalue weighted by Crippen LogP contribution is 2.34. The SMILES string of the molecule is CN1C(=O)N[C@@](CN2Cc3ccc(F)cc3C2=O)(c2ccc(-c3cnc4ccccn34)cc2)C1=O. The summed E-state index contributed by atoms with van der Waals surface area (Å²) in [6.45, 7) is 0.148. The fraction of sp³-hybridized carbons (Fsp3) is 0.154. The Balaban J connectivity index is 1.38. The van der Waals surface area contributed by atoms with Crippen LogP contribution in [0.15, 0.2) is 73.1 Å². The highest BCUT2D eigenvalue weighted by Gasteiger charge is 2.53. The molecule has 2 aromatic carbocycles. The summed E-state index contributed by atoms with van der Waals surface area (Å²) in [5, 5.41) is 2.80. The maximum atomic E-state index is 13.7. The van der Waals surface area contributed by atoms with Crippen molar-refractivity contribution >= 4 is 23.5 Å². The largest absolute Gasteiger partial charge is 0.331 e. The molecule has 174 valence electrons. The Kier molecular flexibility index (Phi) is 4.50. The third-order valence-corrected chi connectivity index (χ3v) is 6.76. The van der Waals surface area contributed by atoms with E-state index in [1.807, 2.05) is 40.9 Å². The van der Waals surface area contributed by atoms with Gasteiger partial charge in [-0.3, -0.25) is 18.9 Å². The quantitative estimate of drug-likeness (QED) is 0.465. The monoisotopic (exact) mass is 469 g/mol. The topological polar surface area (TPSA) is 87.0 Å². The number of carbonyl (C=O) groups excluding carboxylic acids is 3. The Morgan fingerprint density at radius 1 is 1.06 bits per heavy atom. The predicted molar refractivity (Wildman–Crippen MR) is 125 cm³/mol. The molecule has 0 spiro atoms. The van der Waals surface area contributed by atoms with Gasteiger partial charge in [0.05, 0.1) is 18.4 Å². The second-order valence-electron chi connectivity index (χ2n) is 8.81. The van der Waals surface area contributed by atoms with Gasteiger partial charge in [0.25, 0.3) is 11.8 Å². The van der Waals surface area contributed by atoms with Crippen LogP contribution in [0, 0.1) is 5.82 Å². The molecule has 0 aliphatic carbocycles. The third kappa shape index (κ3) is 3.12. The summed E-state index contributed by atoms with van der Waals surface area (Å²) < 4.78 is 15.7. The van der Waals surface area contributed by atoms with Gasteiger partial charge in [0, 0.05) is 30.9 Å². The average molecular weight is 469 g/mol. The number of imidazole rings is 1. The summed E-state index contributed by atoms with van der Waals surface area (Å²) in [7, 11) is 1.40. The second-order valence-corrected chi connectivity index (χ2v) is 8.81. The number of likely N-dealkylation sites (N-methyl/N-ethyl adjacent to an activating group) is 1. The molecule has 9 heteroatoms. The number of carbonyl (C=O) groups is 3. The van der Waals surface area contributed by atoms with Gasteiger partial charge in [-0.25, -0.2) is 14.2 Å². The third-order valence-electron chi connectivity index (χ3n) is 6.76. The maximum absolute atomic E-state index is 13.7. The Hall–Kier alpha value is -4.53. The summed E-state index contributed by atoms with van der Waals surface area (Å²) in [4.78, 5) is 45.8. The van der Waals surface area contributed by atoms with Crippen LogP contribution in [0.5, 0.6) is 0 Å². The zero-order valence-electron chi connectivity index (χ0n) is 18.7. The number of imide groups is 1. The van der Waals surface area contributed by atoms with Crippen LogP contribution < -0.4 is 5.32 Å². The van der Waals surface area contributed by atoms with Crippen LogP contribution in [0.25, 0.3) is 16.9 Å². The van der Waals surface area contributed by atoms with Gasteiger partial charge in [-0.2, -0.15) is 0 Å². The molecular formula is C26H20FN5O3.